The maximum atomic E-state index is 8.37. The minimum atomic E-state index is 0.254. The third-order valence-electron chi connectivity index (χ3n) is 1.71. The SMILES string of the molecule is CCNCCCCCCN(O)O. The summed E-state index contributed by atoms with van der Waals surface area (Å²) >= 11 is 0. The fourth-order valence-electron chi connectivity index (χ4n) is 1.03. The molecule has 0 unspecified atom stereocenters. The highest BCUT2D eigenvalue weighted by Crippen LogP contribution is 1.98. The second kappa shape index (κ2) is 8.93. The lowest BCUT2D eigenvalue weighted by Gasteiger charge is -2.05. The summed E-state index contributed by atoms with van der Waals surface area (Å²) in [5.41, 5.74) is 0. The highest BCUT2D eigenvalue weighted by atomic mass is 16.8. The van der Waals surface area contributed by atoms with Crippen LogP contribution in [0, 0.1) is 0 Å². The predicted octanol–water partition coefficient (Wildman–Crippen LogP) is 1.24. The highest BCUT2D eigenvalue weighted by Gasteiger charge is 1.93. The highest BCUT2D eigenvalue weighted by molar-refractivity contribution is 4.47. The van der Waals surface area contributed by atoms with E-state index in [1.54, 1.807) is 0 Å². The molecule has 0 radical (unpaired) electrons. The van der Waals surface area contributed by atoms with Crippen LogP contribution in [0.5, 0.6) is 0 Å². The van der Waals surface area contributed by atoms with E-state index in [2.05, 4.69) is 12.2 Å². The Hall–Kier alpha value is -0.160. The molecule has 0 heterocycles. The zero-order valence-electron chi connectivity index (χ0n) is 7.79. The first-order chi connectivity index (χ1) is 5.77. The summed E-state index contributed by atoms with van der Waals surface area (Å²) in [6, 6.07) is 0. The number of nitrogens with one attached hydrogen (secondary N) is 1. The molecule has 0 aromatic carbocycles. The third-order valence-corrected chi connectivity index (χ3v) is 1.71. The standard InChI is InChI=1S/C8H20N2O2/c1-2-9-7-5-3-4-6-8-10(11)12/h9,11-12H,2-8H2,1H3. The van der Waals surface area contributed by atoms with Gasteiger partial charge in [0.25, 0.3) is 0 Å². The second-order valence-corrected chi connectivity index (χ2v) is 2.86. The first kappa shape index (κ1) is 11.8. The van der Waals surface area contributed by atoms with Gasteiger partial charge < -0.3 is 5.32 Å². The molecule has 0 spiro atoms. The minimum Gasteiger partial charge on any atom is -0.317 e. The molecule has 4 heteroatoms. The van der Waals surface area contributed by atoms with Crippen molar-refractivity contribution in [1.82, 2.24) is 10.5 Å². The molecule has 0 amide bonds. The fraction of sp³-hybridized carbons (Fsp3) is 1.00. The maximum absolute atomic E-state index is 8.37. The van der Waals surface area contributed by atoms with Gasteiger partial charge in [-0.15, -0.1) is 0 Å². The van der Waals surface area contributed by atoms with Gasteiger partial charge in [-0.1, -0.05) is 25.0 Å². The van der Waals surface area contributed by atoms with Crippen molar-refractivity contribution in [3.8, 4) is 0 Å². The van der Waals surface area contributed by atoms with Crippen LogP contribution >= 0.6 is 0 Å². The van der Waals surface area contributed by atoms with E-state index in [1.807, 2.05) is 0 Å². The second-order valence-electron chi connectivity index (χ2n) is 2.86. The van der Waals surface area contributed by atoms with Crippen LogP contribution in [0.15, 0.2) is 0 Å². The summed E-state index contributed by atoms with van der Waals surface area (Å²) in [4.78, 5) is 0. The van der Waals surface area contributed by atoms with Crippen molar-refractivity contribution in [1.29, 1.82) is 0 Å². The molecule has 0 aromatic rings. The number of hydrogen-bond acceptors (Lipinski definition) is 4. The summed E-state index contributed by atoms with van der Waals surface area (Å²) < 4.78 is 0. The van der Waals surface area contributed by atoms with E-state index >= 15 is 0 Å². The Kier molecular flexibility index (Phi) is 8.81. The smallest absolute Gasteiger partial charge is 0.0512 e. The first-order valence-corrected chi connectivity index (χ1v) is 4.63. The lowest BCUT2D eigenvalue weighted by atomic mass is 10.2. The van der Waals surface area contributed by atoms with Gasteiger partial charge in [-0.05, 0) is 25.9 Å². The van der Waals surface area contributed by atoms with Gasteiger partial charge in [0.1, 0.15) is 0 Å². The lowest BCUT2D eigenvalue weighted by Crippen LogP contribution is -2.15. The Labute approximate surface area is 74.1 Å². The molecule has 0 atom stereocenters. The number of hydrogen-bond donors (Lipinski definition) is 3. The van der Waals surface area contributed by atoms with E-state index in [-0.39, 0.29) is 5.23 Å². The predicted molar refractivity (Wildman–Crippen MR) is 47.3 cm³/mol. The van der Waals surface area contributed by atoms with Crippen LogP contribution in [-0.4, -0.2) is 35.3 Å². The molecule has 74 valence electrons. The third kappa shape index (κ3) is 9.84. The van der Waals surface area contributed by atoms with E-state index in [0.717, 1.165) is 32.4 Å². The molecule has 0 aromatic heterocycles. The van der Waals surface area contributed by atoms with E-state index in [9.17, 15) is 0 Å². The average molecular weight is 176 g/mol. The van der Waals surface area contributed by atoms with E-state index in [4.69, 9.17) is 10.4 Å². The Bertz CT molecular complexity index is 89.1. The largest absolute Gasteiger partial charge is 0.317 e. The Morgan fingerprint density at radius 3 is 2.33 bits per heavy atom. The number of unbranched alkanes of at least 4 members (excludes halogenated alkanes) is 3. The summed E-state index contributed by atoms with van der Waals surface area (Å²) in [5.74, 6) is 0. The topological polar surface area (TPSA) is 55.7 Å². The van der Waals surface area contributed by atoms with Crippen molar-refractivity contribution in [3.05, 3.63) is 0 Å². The molecular formula is C8H20N2O2. The zero-order valence-corrected chi connectivity index (χ0v) is 7.79. The summed E-state index contributed by atoms with van der Waals surface area (Å²) in [7, 11) is 0. The number of rotatable bonds is 8. The number of nitrogens with zero attached hydrogens (tertiary/aromatic N) is 1. The van der Waals surface area contributed by atoms with Gasteiger partial charge in [0.15, 0.2) is 0 Å². The lowest BCUT2D eigenvalue weighted by molar-refractivity contribution is -0.306. The van der Waals surface area contributed by atoms with Crippen molar-refractivity contribution in [2.24, 2.45) is 0 Å². The van der Waals surface area contributed by atoms with Crippen LogP contribution in [0.2, 0.25) is 0 Å². The Morgan fingerprint density at radius 1 is 1.08 bits per heavy atom. The monoisotopic (exact) mass is 176 g/mol. The van der Waals surface area contributed by atoms with Crippen LogP contribution in [0.4, 0.5) is 0 Å². The van der Waals surface area contributed by atoms with Crippen molar-refractivity contribution in [2.45, 2.75) is 32.6 Å². The molecule has 0 aliphatic carbocycles. The number of hydroxylamine groups is 2. The molecular weight excluding hydrogens is 156 g/mol. The van der Waals surface area contributed by atoms with Crippen molar-refractivity contribution >= 4 is 0 Å². The fourth-order valence-corrected chi connectivity index (χ4v) is 1.03. The first-order valence-electron chi connectivity index (χ1n) is 4.63. The van der Waals surface area contributed by atoms with Crippen LogP contribution < -0.4 is 5.32 Å². The molecule has 0 saturated carbocycles. The average Bonchev–Trinajstić information content (AvgIpc) is 2.02. The minimum absolute atomic E-state index is 0.254. The van der Waals surface area contributed by atoms with Crippen LogP contribution in [-0.2, 0) is 0 Å². The summed E-state index contributed by atoms with van der Waals surface area (Å²) in [5, 5.41) is 20.2. The van der Waals surface area contributed by atoms with Gasteiger partial charge >= 0.3 is 0 Å². The molecule has 0 aliphatic rings. The molecule has 12 heavy (non-hydrogen) atoms. The molecule has 0 saturated heterocycles. The van der Waals surface area contributed by atoms with Crippen molar-refractivity contribution in [2.75, 3.05) is 19.6 Å². The van der Waals surface area contributed by atoms with Gasteiger partial charge in [0.05, 0.1) is 6.54 Å². The molecule has 4 nitrogen and oxygen atoms in total. The van der Waals surface area contributed by atoms with Crippen LogP contribution in [0.25, 0.3) is 0 Å². The van der Waals surface area contributed by atoms with E-state index < -0.39 is 0 Å². The van der Waals surface area contributed by atoms with Gasteiger partial charge in [-0.3, -0.25) is 10.4 Å². The molecule has 0 bridgehead atoms. The molecule has 0 fully saturated rings. The van der Waals surface area contributed by atoms with Crippen molar-refractivity contribution < 1.29 is 10.4 Å². The van der Waals surface area contributed by atoms with E-state index in [0.29, 0.717) is 6.54 Å². The molecule has 3 N–H and O–H groups in total. The van der Waals surface area contributed by atoms with Gasteiger partial charge in [0, 0.05) is 0 Å². The van der Waals surface area contributed by atoms with Crippen LogP contribution in [0.1, 0.15) is 32.6 Å². The normalized spacial score (nSPS) is 11.0. The Morgan fingerprint density at radius 2 is 1.75 bits per heavy atom. The van der Waals surface area contributed by atoms with Gasteiger partial charge in [-0.2, -0.15) is 0 Å². The Balaban J connectivity index is 2.82. The van der Waals surface area contributed by atoms with E-state index in [1.165, 1.54) is 6.42 Å². The van der Waals surface area contributed by atoms with Crippen molar-refractivity contribution in [3.63, 3.8) is 0 Å². The quantitative estimate of drug-likeness (QED) is 0.384. The maximum Gasteiger partial charge on any atom is 0.0512 e. The van der Waals surface area contributed by atoms with Crippen LogP contribution in [0.3, 0.4) is 0 Å². The van der Waals surface area contributed by atoms with Gasteiger partial charge in [0.2, 0.25) is 0 Å². The summed E-state index contributed by atoms with van der Waals surface area (Å²) in [6.45, 7) is 4.54. The summed E-state index contributed by atoms with van der Waals surface area (Å²) in [6.07, 6.45) is 4.23. The molecule has 0 aliphatic heterocycles. The molecule has 0 rings (SSSR count). The van der Waals surface area contributed by atoms with Gasteiger partial charge in [-0.25, -0.2) is 0 Å². The zero-order chi connectivity index (χ0) is 9.23.